The first-order valence-electron chi connectivity index (χ1n) is 5.60. The molecule has 0 aliphatic carbocycles. The summed E-state index contributed by atoms with van der Waals surface area (Å²) in [6.07, 6.45) is 3.17. The first-order valence-corrected chi connectivity index (χ1v) is 5.60. The van der Waals surface area contributed by atoms with E-state index in [0.717, 1.165) is 30.5 Å². The fraction of sp³-hybridized carbons (Fsp3) is 0.417. The second-order valence-corrected chi connectivity index (χ2v) is 4.19. The number of nitrogens with zero attached hydrogens (tertiary/aromatic N) is 1. The lowest BCUT2D eigenvalue weighted by Gasteiger charge is -2.26. The van der Waals surface area contributed by atoms with Crippen LogP contribution >= 0.6 is 0 Å². The molecule has 2 unspecified atom stereocenters. The van der Waals surface area contributed by atoms with Crippen molar-refractivity contribution in [2.45, 2.75) is 25.0 Å². The van der Waals surface area contributed by atoms with Gasteiger partial charge < -0.3 is 14.8 Å². The largest absolute Gasteiger partial charge is 0.441 e. The number of aliphatic hydroxyl groups excluding tert-OH is 1. The van der Waals surface area contributed by atoms with Crippen molar-refractivity contribution in [3.8, 4) is 0 Å². The van der Waals surface area contributed by atoms with E-state index in [4.69, 9.17) is 4.42 Å². The van der Waals surface area contributed by atoms with Crippen LogP contribution < -0.4 is 5.32 Å². The Labute approximate surface area is 93.3 Å². The lowest BCUT2D eigenvalue weighted by Crippen LogP contribution is -2.37. The summed E-state index contributed by atoms with van der Waals surface area (Å²) in [5.41, 5.74) is 0.636. The molecule has 2 aromatic rings. The zero-order valence-corrected chi connectivity index (χ0v) is 8.89. The topological polar surface area (TPSA) is 58.3 Å². The summed E-state index contributed by atoms with van der Waals surface area (Å²) in [6, 6.07) is 5.70. The molecule has 0 radical (unpaired) electrons. The van der Waals surface area contributed by atoms with Crippen molar-refractivity contribution in [1.82, 2.24) is 10.3 Å². The summed E-state index contributed by atoms with van der Waals surface area (Å²) >= 11 is 0. The molecule has 0 aromatic carbocycles. The van der Waals surface area contributed by atoms with Crippen molar-refractivity contribution >= 4 is 11.1 Å². The Morgan fingerprint density at radius 2 is 2.44 bits per heavy atom. The van der Waals surface area contributed by atoms with Crippen molar-refractivity contribution in [2.24, 2.45) is 0 Å². The summed E-state index contributed by atoms with van der Waals surface area (Å²) in [5, 5.41) is 14.2. The number of hydrogen-bond donors (Lipinski definition) is 2. The Morgan fingerprint density at radius 3 is 3.25 bits per heavy atom. The predicted molar refractivity (Wildman–Crippen MR) is 60.0 cm³/mol. The number of furan rings is 1. The minimum atomic E-state index is -0.366. The van der Waals surface area contributed by atoms with Gasteiger partial charge >= 0.3 is 0 Å². The van der Waals surface area contributed by atoms with Crippen LogP contribution in [0.3, 0.4) is 0 Å². The Hall–Kier alpha value is -1.39. The van der Waals surface area contributed by atoms with E-state index >= 15 is 0 Å². The van der Waals surface area contributed by atoms with Crippen LogP contribution in [0.2, 0.25) is 0 Å². The number of nitrogens with one attached hydrogen (secondary N) is 1. The molecular weight excluding hydrogens is 204 g/mol. The van der Waals surface area contributed by atoms with E-state index < -0.39 is 0 Å². The van der Waals surface area contributed by atoms with Gasteiger partial charge in [-0.2, -0.15) is 0 Å². The summed E-state index contributed by atoms with van der Waals surface area (Å²) < 4.78 is 5.64. The number of fused-ring (bicyclic) bond motifs is 1. The quantitative estimate of drug-likeness (QED) is 0.763. The molecule has 1 aliphatic rings. The van der Waals surface area contributed by atoms with Crippen LogP contribution in [0, 0.1) is 0 Å². The van der Waals surface area contributed by atoms with Gasteiger partial charge in [-0.05, 0) is 37.6 Å². The van der Waals surface area contributed by atoms with Crippen molar-refractivity contribution < 1.29 is 9.52 Å². The van der Waals surface area contributed by atoms with Gasteiger partial charge in [0.15, 0.2) is 0 Å². The number of pyridine rings is 1. The maximum absolute atomic E-state index is 9.90. The van der Waals surface area contributed by atoms with Gasteiger partial charge in [0, 0.05) is 11.6 Å². The fourth-order valence-electron chi connectivity index (χ4n) is 2.21. The Bertz CT molecular complexity index is 461. The molecule has 4 heteroatoms. The number of rotatable bonds is 1. The van der Waals surface area contributed by atoms with Crippen LogP contribution in [0.25, 0.3) is 11.1 Å². The monoisotopic (exact) mass is 218 g/mol. The van der Waals surface area contributed by atoms with Gasteiger partial charge in [-0.25, -0.2) is 4.98 Å². The summed E-state index contributed by atoms with van der Waals surface area (Å²) in [7, 11) is 0. The maximum Gasteiger partial charge on any atom is 0.226 e. The minimum absolute atomic E-state index is 0.0945. The minimum Gasteiger partial charge on any atom is -0.441 e. The lowest BCUT2D eigenvalue weighted by atomic mass is 9.99. The fourth-order valence-corrected chi connectivity index (χ4v) is 2.21. The van der Waals surface area contributed by atoms with Gasteiger partial charge in [-0.1, -0.05) is 0 Å². The first-order chi connectivity index (χ1) is 7.84. The lowest BCUT2D eigenvalue weighted by molar-refractivity contribution is 0.0872. The molecule has 16 heavy (non-hydrogen) atoms. The van der Waals surface area contributed by atoms with Crippen LogP contribution in [0.1, 0.15) is 24.6 Å². The molecule has 1 fully saturated rings. The molecule has 84 valence electrons. The molecule has 0 saturated carbocycles. The highest BCUT2D eigenvalue weighted by molar-refractivity contribution is 5.73. The highest BCUT2D eigenvalue weighted by Crippen LogP contribution is 2.27. The summed E-state index contributed by atoms with van der Waals surface area (Å²) in [4.78, 5) is 4.15. The number of aromatic nitrogens is 1. The van der Waals surface area contributed by atoms with Crippen molar-refractivity contribution in [3.63, 3.8) is 0 Å². The van der Waals surface area contributed by atoms with E-state index in [9.17, 15) is 5.11 Å². The molecule has 2 N–H and O–H groups in total. The molecule has 2 aromatic heterocycles. The maximum atomic E-state index is 9.90. The molecule has 4 nitrogen and oxygen atoms in total. The Morgan fingerprint density at radius 1 is 1.50 bits per heavy atom. The molecule has 3 rings (SSSR count). The average Bonchev–Trinajstić information content (AvgIpc) is 2.73. The molecule has 3 heterocycles. The smallest absolute Gasteiger partial charge is 0.226 e. The van der Waals surface area contributed by atoms with Gasteiger partial charge in [0.25, 0.3) is 0 Å². The van der Waals surface area contributed by atoms with Gasteiger partial charge in [-0.15, -0.1) is 0 Å². The third-order valence-corrected chi connectivity index (χ3v) is 3.05. The van der Waals surface area contributed by atoms with E-state index in [0.29, 0.717) is 5.71 Å². The van der Waals surface area contributed by atoms with E-state index in [1.165, 1.54) is 0 Å². The SMILES string of the molecule is OC1CCCNC1c1cc2cccnc2o1. The highest BCUT2D eigenvalue weighted by Gasteiger charge is 2.27. The zero-order valence-electron chi connectivity index (χ0n) is 8.89. The van der Waals surface area contributed by atoms with Crippen LogP contribution in [-0.4, -0.2) is 22.7 Å². The molecule has 2 atom stereocenters. The van der Waals surface area contributed by atoms with E-state index in [1.807, 2.05) is 18.2 Å². The molecule has 1 saturated heterocycles. The van der Waals surface area contributed by atoms with E-state index in [1.54, 1.807) is 6.20 Å². The van der Waals surface area contributed by atoms with Gasteiger partial charge in [0.2, 0.25) is 5.71 Å². The second kappa shape index (κ2) is 3.88. The average molecular weight is 218 g/mol. The van der Waals surface area contributed by atoms with Gasteiger partial charge in [-0.3, -0.25) is 0 Å². The number of aliphatic hydroxyl groups is 1. The highest BCUT2D eigenvalue weighted by atomic mass is 16.3. The van der Waals surface area contributed by atoms with Crippen LogP contribution in [0.4, 0.5) is 0 Å². The molecule has 0 spiro atoms. The third-order valence-electron chi connectivity index (χ3n) is 3.05. The van der Waals surface area contributed by atoms with E-state index in [-0.39, 0.29) is 12.1 Å². The molecule has 0 bridgehead atoms. The summed E-state index contributed by atoms with van der Waals surface area (Å²) in [5.74, 6) is 0.779. The van der Waals surface area contributed by atoms with Crippen molar-refractivity contribution in [2.75, 3.05) is 6.54 Å². The van der Waals surface area contributed by atoms with Crippen molar-refractivity contribution in [3.05, 3.63) is 30.2 Å². The first kappa shape index (κ1) is 9.81. The van der Waals surface area contributed by atoms with Crippen LogP contribution in [-0.2, 0) is 0 Å². The Balaban J connectivity index is 1.98. The normalized spacial score (nSPS) is 26.1. The van der Waals surface area contributed by atoms with Crippen molar-refractivity contribution in [1.29, 1.82) is 0 Å². The molecule has 1 aliphatic heterocycles. The van der Waals surface area contributed by atoms with Crippen LogP contribution in [0.15, 0.2) is 28.8 Å². The number of piperidine rings is 1. The number of hydrogen-bond acceptors (Lipinski definition) is 4. The standard InChI is InChI=1S/C12H14N2O2/c15-9-4-2-5-13-11(9)10-7-8-3-1-6-14-12(8)16-10/h1,3,6-7,9,11,13,15H,2,4-5H2. The summed E-state index contributed by atoms with van der Waals surface area (Å²) in [6.45, 7) is 0.923. The van der Waals surface area contributed by atoms with Crippen LogP contribution in [0.5, 0.6) is 0 Å². The second-order valence-electron chi connectivity index (χ2n) is 4.19. The zero-order chi connectivity index (χ0) is 11.0. The molecular formula is C12H14N2O2. The third kappa shape index (κ3) is 1.60. The molecule has 0 amide bonds. The van der Waals surface area contributed by atoms with Gasteiger partial charge in [0.1, 0.15) is 5.76 Å². The van der Waals surface area contributed by atoms with E-state index in [2.05, 4.69) is 10.3 Å². The van der Waals surface area contributed by atoms with Gasteiger partial charge in [0.05, 0.1) is 12.1 Å². The predicted octanol–water partition coefficient (Wildman–Crippen LogP) is 1.61. The Kier molecular flexibility index (Phi) is 2.38.